The van der Waals surface area contributed by atoms with Crippen LogP contribution >= 0.6 is 0 Å². The van der Waals surface area contributed by atoms with E-state index in [1.807, 2.05) is 0 Å². The van der Waals surface area contributed by atoms with Crippen molar-refractivity contribution in [3.8, 4) is 5.75 Å². The van der Waals surface area contributed by atoms with Gasteiger partial charge in [0.05, 0.1) is 6.10 Å². The standard InChI is InChI=1S/C19H29NO/c1-15-8-7-11-17(21-16-9-3-4-10-16)18(15)19(14-20)12-5-2-6-13-19/h7-8,11,16H,2-6,9-10,12-14,20H2,1H3. The Morgan fingerprint density at radius 1 is 1.10 bits per heavy atom. The fraction of sp³-hybridized carbons (Fsp3) is 0.684. The van der Waals surface area contributed by atoms with E-state index in [9.17, 15) is 0 Å². The van der Waals surface area contributed by atoms with E-state index >= 15 is 0 Å². The van der Waals surface area contributed by atoms with Gasteiger partial charge in [-0.05, 0) is 57.1 Å². The van der Waals surface area contributed by atoms with Crippen LogP contribution in [0.15, 0.2) is 18.2 Å². The third-order valence-corrected chi connectivity index (χ3v) is 5.56. The predicted octanol–water partition coefficient (Wildman–Crippen LogP) is 4.48. The number of ether oxygens (including phenoxy) is 1. The molecule has 0 bridgehead atoms. The fourth-order valence-electron chi connectivity index (χ4n) is 4.39. The van der Waals surface area contributed by atoms with Gasteiger partial charge in [-0.25, -0.2) is 0 Å². The molecule has 0 spiro atoms. The summed E-state index contributed by atoms with van der Waals surface area (Å²) in [6.45, 7) is 2.97. The summed E-state index contributed by atoms with van der Waals surface area (Å²) in [5.74, 6) is 1.12. The Bertz CT molecular complexity index is 470. The monoisotopic (exact) mass is 287 g/mol. The smallest absolute Gasteiger partial charge is 0.123 e. The molecule has 0 unspecified atom stereocenters. The van der Waals surface area contributed by atoms with E-state index in [0.717, 1.165) is 12.3 Å². The Morgan fingerprint density at radius 2 is 1.81 bits per heavy atom. The third kappa shape index (κ3) is 2.96. The summed E-state index contributed by atoms with van der Waals surface area (Å²) in [5, 5.41) is 0. The van der Waals surface area contributed by atoms with Crippen molar-refractivity contribution in [1.82, 2.24) is 0 Å². The molecule has 116 valence electrons. The van der Waals surface area contributed by atoms with Crippen LogP contribution in [0.1, 0.15) is 68.9 Å². The van der Waals surface area contributed by atoms with Crippen LogP contribution in [0.3, 0.4) is 0 Å². The molecule has 1 aromatic rings. The van der Waals surface area contributed by atoms with Crippen LogP contribution in [-0.2, 0) is 5.41 Å². The maximum Gasteiger partial charge on any atom is 0.123 e. The maximum absolute atomic E-state index is 6.41. The Kier molecular flexibility index (Phi) is 4.54. The molecule has 0 atom stereocenters. The van der Waals surface area contributed by atoms with Gasteiger partial charge in [0.1, 0.15) is 5.75 Å². The van der Waals surface area contributed by atoms with E-state index < -0.39 is 0 Å². The average Bonchev–Trinajstić information content (AvgIpc) is 3.01. The molecule has 2 aliphatic rings. The lowest BCUT2D eigenvalue weighted by molar-refractivity contribution is 0.198. The van der Waals surface area contributed by atoms with Gasteiger partial charge in [-0.2, -0.15) is 0 Å². The second-order valence-electron chi connectivity index (χ2n) is 7.02. The molecule has 2 N–H and O–H groups in total. The second-order valence-corrected chi connectivity index (χ2v) is 7.02. The highest BCUT2D eigenvalue weighted by molar-refractivity contribution is 5.46. The summed E-state index contributed by atoms with van der Waals surface area (Å²) < 4.78 is 6.41. The SMILES string of the molecule is Cc1cccc(OC2CCCC2)c1C1(CN)CCCCC1. The fourth-order valence-corrected chi connectivity index (χ4v) is 4.39. The average molecular weight is 287 g/mol. The van der Waals surface area contributed by atoms with Crippen molar-refractivity contribution in [2.75, 3.05) is 6.54 Å². The molecular formula is C19H29NO. The van der Waals surface area contributed by atoms with Crippen molar-refractivity contribution < 1.29 is 4.74 Å². The van der Waals surface area contributed by atoms with Crippen molar-refractivity contribution in [3.05, 3.63) is 29.3 Å². The molecule has 0 heterocycles. The molecule has 2 heteroatoms. The molecule has 2 fully saturated rings. The van der Waals surface area contributed by atoms with Gasteiger partial charge in [0.2, 0.25) is 0 Å². The third-order valence-electron chi connectivity index (χ3n) is 5.56. The van der Waals surface area contributed by atoms with Gasteiger partial charge >= 0.3 is 0 Å². The van der Waals surface area contributed by atoms with Crippen molar-refractivity contribution in [2.45, 2.75) is 76.2 Å². The van der Waals surface area contributed by atoms with Gasteiger partial charge < -0.3 is 10.5 Å². The number of nitrogens with two attached hydrogens (primary N) is 1. The first-order valence-corrected chi connectivity index (χ1v) is 8.72. The molecule has 2 nitrogen and oxygen atoms in total. The van der Waals surface area contributed by atoms with E-state index in [0.29, 0.717) is 6.10 Å². The van der Waals surface area contributed by atoms with Crippen molar-refractivity contribution in [1.29, 1.82) is 0 Å². The lowest BCUT2D eigenvalue weighted by atomic mass is 9.68. The molecule has 0 saturated heterocycles. The van der Waals surface area contributed by atoms with E-state index in [4.69, 9.17) is 10.5 Å². The van der Waals surface area contributed by atoms with Gasteiger partial charge in [-0.3, -0.25) is 0 Å². The summed E-state index contributed by atoms with van der Waals surface area (Å²) in [4.78, 5) is 0. The van der Waals surface area contributed by atoms with Gasteiger partial charge in [-0.1, -0.05) is 31.4 Å². The molecule has 0 aromatic heterocycles. The molecule has 1 aromatic carbocycles. The minimum Gasteiger partial charge on any atom is -0.490 e. The van der Waals surface area contributed by atoms with Crippen LogP contribution in [0.4, 0.5) is 0 Å². The summed E-state index contributed by atoms with van der Waals surface area (Å²) in [5.41, 5.74) is 9.19. The van der Waals surface area contributed by atoms with E-state index in [1.165, 1.54) is 68.9 Å². The number of rotatable bonds is 4. The molecule has 3 rings (SSSR count). The normalized spacial score (nSPS) is 22.4. The zero-order valence-electron chi connectivity index (χ0n) is 13.4. The number of aryl methyl sites for hydroxylation is 1. The lowest BCUT2D eigenvalue weighted by Gasteiger charge is -2.39. The van der Waals surface area contributed by atoms with Crippen LogP contribution in [0.2, 0.25) is 0 Å². The minimum absolute atomic E-state index is 0.150. The van der Waals surface area contributed by atoms with Crippen LogP contribution < -0.4 is 10.5 Å². The van der Waals surface area contributed by atoms with Crippen molar-refractivity contribution in [3.63, 3.8) is 0 Å². The Morgan fingerprint density at radius 3 is 2.48 bits per heavy atom. The molecule has 0 radical (unpaired) electrons. The minimum atomic E-state index is 0.150. The molecule has 0 aliphatic heterocycles. The van der Waals surface area contributed by atoms with Gasteiger partial charge in [0.25, 0.3) is 0 Å². The van der Waals surface area contributed by atoms with Gasteiger partial charge in [0, 0.05) is 17.5 Å². The molecule has 2 saturated carbocycles. The molecular weight excluding hydrogens is 258 g/mol. The first kappa shape index (κ1) is 14.9. The molecule has 0 amide bonds. The Balaban J connectivity index is 1.94. The summed E-state index contributed by atoms with van der Waals surface area (Å²) in [6.07, 6.45) is 11.9. The zero-order chi connectivity index (χ0) is 14.7. The quantitative estimate of drug-likeness (QED) is 0.886. The summed E-state index contributed by atoms with van der Waals surface area (Å²) in [6, 6.07) is 6.53. The second kappa shape index (κ2) is 6.39. The number of benzene rings is 1. The zero-order valence-corrected chi connectivity index (χ0v) is 13.4. The van der Waals surface area contributed by atoms with Gasteiger partial charge in [0.15, 0.2) is 0 Å². The predicted molar refractivity (Wildman–Crippen MR) is 87.9 cm³/mol. The maximum atomic E-state index is 6.41. The topological polar surface area (TPSA) is 35.2 Å². The van der Waals surface area contributed by atoms with Gasteiger partial charge in [-0.15, -0.1) is 0 Å². The van der Waals surface area contributed by atoms with E-state index in [1.54, 1.807) is 0 Å². The molecule has 2 aliphatic carbocycles. The van der Waals surface area contributed by atoms with Crippen LogP contribution in [-0.4, -0.2) is 12.6 Å². The van der Waals surface area contributed by atoms with E-state index in [-0.39, 0.29) is 5.41 Å². The van der Waals surface area contributed by atoms with Crippen molar-refractivity contribution >= 4 is 0 Å². The first-order chi connectivity index (χ1) is 10.2. The highest BCUT2D eigenvalue weighted by Gasteiger charge is 2.36. The van der Waals surface area contributed by atoms with Crippen LogP contribution in [0.25, 0.3) is 0 Å². The highest BCUT2D eigenvalue weighted by atomic mass is 16.5. The summed E-state index contributed by atoms with van der Waals surface area (Å²) in [7, 11) is 0. The van der Waals surface area contributed by atoms with Crippen LogP contribution in [0, 0.1) is 6.92 Å². The molecule has 21 heavy (non-hydrogen) atoms. The van der Waals surface area contributed by atoms with E-state index in [2.05, 4.69) is 25.1 Å². The number of hydrogen-bond acceptors (Lipinski definition) is 2. The first-order valence-electron chi connectivity index (χ1n) is 8.72. The number of hydrogen-bond donors (Lipinski definition) is 1. The van der Waals surface area contributed by atoms with Crippen molar-refractivity contribution in [2.24, 2.45) is 5.73 Å². The summed E-state index contributed by atoms with van der Waals surface area (Å²) >= 11 is 0. The Hall–Kier alpha value is -1.02. The highest BCUT2D eigenvalue weighted by Crippen LogP contribution is 2.44. The Labute approximate surface area is 129 Å². The van der Waals surface area contributed by atoms with Crippen LogP contribution in [0.5, 0.6) is 5.75 Å². The lowest BCUT2D eigenvalue weighted by Crippen LogP contribution is -2.38. The largest absolute Gasteiger partial charge is 0.490 e.